The van der Waals surface area contributed by atoms with Crippen molar-refractivity contribution in [2.24, 2.45) is 11.3 Å². The molecule has 9 heavy (non-hydrogen) atoms. The summed E-state index contributed by atoms with van der Waals surface area (Å²) in [5.41, 5.74) is 0.887. The Balaban J connectivity index is 1.97. The number of hydrogen-bond donors (Lipinski definition) is 0. The minimum Gasteiger partial charge on any atom is -0.0620 e. The zero-order chi connectivity index (χ0) is 6.32. The first-order chi connectivity index (χ1) is 4.33. The van der Waals surface area contributed by atoms with Crippen LogP contribution < -0.4 is 0 Å². The van der Waals surface area contributed by atoms with Crippen molar-refractivity contribution >= 4 is 0 Å². The first kappa shape index (κ1) is 5.76. The van der Waals surface area contributed by atoms with Crippen molar-refractivity contribution in [2.75, 3.05) is 0 Å². The molecule has 1 spiro atoms. The fraction of sp³-hybridized carbons (Fsp3) is 1.00. The van der Waals surface area contributed by atoms with Crippen LogP contribution in [0, 0.1) is 11.3 Å². The average Bonchev–Trinajstić information content (AvgIpc) is 2.44. The van der Waals surface area contributed by atoms with Gasteiger partial charge in [-0.1, -0.05) is 26.2 Å². The van der Waals surface area contributed by atoms with Gasteiger partial charge >= 0.3 is 0 Å². The Morgan fingerprint density at radius 3 is 2.00 bits per heavy atom. The van der Waals surface area contributed by atoms with Crippen molar-refractivity contribution in [1.82, 2.24) is 0 Å². The van der Waals surface area contributed by atoms with Crippen molar-refractivity contribution in [3.63, 3.8) is 0 Å². The van der Waals surface area contributed by atoms with E-state index >= 15 is 0 Å². The third-order valence-electron chi connectivity index (χ3n) is 3.45. The van der Waals surface area contributed by atoms with E-state index in [1.807, 2.05) is 0 Å². The Morgan fingerprint density at radius 2 is 1.67 bits per heavy atom. The van der Waals surface area contributed by atoms with E-state index in [4.69, 9.17) is 0 Å². The van der Waals surface area contributed by atoms with Crippen molar-refractivity contribution in [3.8, 4) is 0 Å². The van der Waals surface area contributed by atoms with Gasteiger partial charge in [-0.05, 0) is 30.6 Å². The minimum absolute atomic E-state index is 0.887. The molecular formula is C9H16. The van der Waals surface area contributed by atoms with Gasteiger partial charge in [-0.2, -0.15) is 0 Å². The van der Waals surface area contributed by atoms with Crippen LogP contribution in [0.5, 0.6) is 0 Å². The number of hydrogen-bond acceptors (Lipinski definition) is 0. The summed E-state index contributed by atoms with van der Waals surface area (Å²) in [6, 6.07) is 0. The minimum atomic E-state index is 0.887. The van der Waals surface area contributed by atoms with E-state index in [1.54, 1.807) is 19.3 Å². The lowest BCUT2D eigenvalue weighted by molar-refractivity contribution is 0.313. The highest BCUT2D eigenvalue weighted by molar-refractivity contribution is 5.00. The molecule has 0 aliphatic heterocycles. The maximum absolute atomic E-state index is 2.42. The average molecular weight is 124 g/mol. The van der Waals surface area contributed by atoms with Crippen LogP contribution in [0.4, 0.5) is 0 Å². The zero-order valence-corrected chi connectivity index (χ0v) is 6.32. The first-order valence-corrected chi connectivity index (χ1v) is 4.33. The second kappa shape index (κ2) is 1.74. The molecule has 1 atom stereocenters. The van der Waals surface area contributed by atoms with Gasteiger partial charge in [0.05, 0.1) is 0 Å². The molecule has 0 aromatic rings. The SMILES string of the molecule is C[C@H]1CC12CCCCC2. The largest absolute Gasteiger partial charge is 0.0620 e. The quantitative estimate of drug-likeness (QED) is 0.465. The monoisotopic (exact) mass is 124 g/mol. The summed E-state index contributed by atoms with van der Waals surface area (Å²) in [6.45, 7) is 2.42. The van der Waals surface area contributed by atoms with E-state index in [2.05, 4.69) is 6.92 Å². The van der Waals surface area contributed by atoms with E-state index in [0.717, 1.165) is 11.3 Å². The van der Waals surface area contributed by atoms with Gasteiger partial charge in [-0.3, -0.25) is 0 Å². The van der Waals surface area contributed by atoms with Gasteiger partial charge in [0.1, 0.15) is 0 Å². The van der Waals surface area contributed by atoms with Crippen LogP contribution in [0.1, 0.15) is 45.4 Å². The van der Waals surface area contributed by atoms with E-state index in [1.165, 1.54) is 19.3 Å². The van der Waals surface area contributed by atoms with Gasteiger partial charge in [-0.15, -0.1) is 0 Å². The molecule has 0 aromatic carbocycles. The lowest BCUT2D eigenvalue weighted by Crippen LogP contribution is -2.07. The lowest BCUT2D eigenvalue weighted by atomic mass is 9.85. The molecule has 52 valence electrons. The van der Waals surface area contributed by atoms with Gasteiger partial charge in [0.2, 0.25) is 0 Å². The van der Waals surface area contributed by atoms with Gasteiger partial charge in [0.25, 0.3) is 0 Å². The summed E-state index contributed by atoms with van der Waals surface area (Å²) in [5.74, 6) is 1.08. The van der Waals surface area contributed by atoms with Crippen LogP contribution in [-0.4, -0.2) is 0 Å². The molecule has 2 fully saturated rings. The molecule has 0 aromatic heterocycles. The predicted molar refractivity (Wildman–Crippen MR) is 39.3 cm³/mol. The maximum Gasteiger partial charge on any atom is -0.0269 e. The first-order valence-electron chi connectivity index (χ1n) is 4.33. The maximum atomic E-state index is 2.42. The Bertz CT molecular complexity index is 109. The molecule has 0 saturated heterocycles. The normalized spacial score (nSPS) is 39.0. The molecule has 2 rings (SSSR count). The molecular weight excluding hydrogens is 108 g/mol. The summed E-state index contributed by atoms with van der Waals surface area (Å²) in [6.07, 6.45) is 9.19. The van der Waals surface area contributed by atoms with Crippen LogP contribution in [0.25, 0.3) is 0 Å². The highest BCUT2D eigenvalue weighted by Gasteiger charge is 2.50. The van der Waals surface area contributed by atoms with E-state index in [0.29, 0.717) is 0 Å². The third kappa shape index (κ3) is 0.798. The summed E-state index contributed by atoms with van der Waals surface area (Å²) < 4.78 is 0. The molecule has 0 radical (unpaired) electrons. The standard InChI is InChI=1S/C9H16/c1-8-7-9(8)5-3-2-4-6-9/h8H,2-7H2,1H3/t8-/m0/s1. The van der Waals surface area contributed by atoms with Crippen LogP contribution in [0.2, 0.25) is 0 Å². The highest BCUT2D eigenvalue weighted by Crippen LogP contribution is 2.60. The van der Waals surface area contributed by atoms with Gasteiger partial charge in [0, 0.05) is 0 Å². The Morgan fingerprint density at radius 1 is 1.11 bits per heavy atom. The topological polar surface area (TPSA) is 0 Å². The summed E-state index contributed by atoms with van der Waals surface area (Å²) in [5, 5.41) is 0. The zero-order valence-electron chi connectivity index (χ0n) is 6.32. The Hall–Kier alpha value is 0. The fourth-order valence-corrected chi connectivity index (χ4v) is 2.50. The molecule has 2 aliphatic rings. The smallest absolute Gasteiger partial charge is 0.0269 e. The van der Waals surface area contributed by atoms with Crippen LogP contribution >= 0.6 is 0 Å². The molecule has 2 aliphatic carbocycles. The van der Waals surface area contributed by atoms with Crippen LogP contribution in [0.15, 0.2) is 0 Å². The van der Waals surface area contributed by atoms with Crippen molar-refractivity contribution < 1.29 is 0 Å². The predicted octanol–water partition coefficient (Wildman–Crippen LogP) is 2.98. The Kier molecular flexibility index (Phi) is 1.12. The molecule has 2 saturated carbocycles. The summed E-state index contributed by atoms with van der Waals surface area (Å²) in [4.78, 5) is 0. The second-order valence-electron chi connectivity index (χ2n) is 4.03. The molecule has 0 unspecified atom stereocenters. The molecule has 0 amide bonds. The molecule has 0 bridgehead atoms. The van der Waals surface area contributed by atoms with Crippen LogP contribution in [-0.2, 0) is 0 Å². The fourth-order valence-electron chi connectivity index (χ4n) is 2.50. The van der Waals surface area contributed by atoms with Crippen LogP contribution in [0.3, 0.4) is 0 Å². The summed E-state index contributed by atoms with van der Waals surface area (Å²) in [7, 11) is 0. The number of rotatable bonds is 0. The molecule has 0 nitrogen and oxygen atoms in total. The molecule has 0 heterocycles. The van der Waals surface area contributed by atoms with Gasteiger partial charge < -0.3 is 0 Å². The van der Waals surface area contributed by atoms with Gasteiger partial charge in [0.15, 0.2) is 0 Å². The van der Waals surface area contributed by atoms with E-state index < -0.39 is 0 Å². The molecule has 0 N–H and O–H groups in total. The van der Waals surface area contributed by atoms with Crippen molar-refractivity contribution in [3.05, 3.63) is 0 Å². The van der Waals surface area contributed by atoms with Gasteiger partial charge in [-0.25, -0.2) is 0 Å². The lowest BCUT2D eigenvalue weighted by Gasteiger charge is -2.21. The Labute approximate surface area is 57.6 Å². The third-order valence-corrected chi connectivity index (χ3v) is 3.45. The van der Waals surface area contributed by atoms with Crippen molar-refractivity contribution in [1.29, 1.82) is 0 Å². The summed E-state index contributed by atoms with van der Waals surface area (Å²) >= 11 is 0. The van der Waals surface area contributed by atoms with E-state index in [-0.39, 0.29) is 0 Å². The van der Waals surface area contributed by atoms with Crippen molar-refractivity contribution in [2.45, 2.75) is 45.4 Å². The highest BCUT2D eigenvalue weighted by atomic mass is 14.5. The van der Waals surface area contributed by atoms with E-state index in [9.17, 15) is 0 Å². The second-order valence-corrected chi connectivity index (χ2v) is 4.03. The molecule has 0 heteroatoms.